The van der Waals surface area contributed by atoms with Crippen molar-refractivity contribution in [1.82, 2.24) is 0 Å². The molecule has 1 rings (SSSR count). The number of carboxylic acid groups (broad SMARTS) is 1. The van der Waals surface area contributed by atoms with E-state index < -0.39 is 5.97 Å². The van der Waals surface area contributed by atoms with Gasteiger partial charge in [0.05, 0.1) is 0 Å². The standard InChI is InChI=1S/C8H8O2S/c1-6(5-8(9)10)7-3-2-4-11-7/h2-5H,1H3,(H,9,10). The maximum absolute atomic E-state index is 10.2. The first kappa shape index (κ1) is 8.01. The first-order chi connectivity index (χ1) is 5.20. The Bertz CT molecular complexity index is 272. The van der Waals surface area contributed by atoms with E-state index in [2.05, 4.69) is 0 Å². The highest BCUT2D eigenvalue weighted by Gasteiger charge is 1.97. The lowest BCUT2D eigenvalue weighted by atomic mass is 10.2. The van der Waals surface area contributed by atoms with E-state index >= 15 is 0 Å². The predicted octanol–water partition coefficient (Wildman–Crippen LogP) is 2.24. The third-order valence-electron chi connectivity index (χ3n) is 1.25. The molecule has 1 aromatic heterocycles. The van der Waals surface area contributed by atoms with E-state index in [4.69, 9.17) is 5.11 Å². The molecule has 0 atom stereocenters. The van der Waals surface area contributed by atoms with Crippen molar-refractivity contribution in [3.05, 3.63) is 28.5 Å². The minimum absolute atomic E-state index is 0.799. The van der Waals surface area contributed by atoms with Gasteiger partial charge in [-0.05, 0) is 23.9 Å². The van der Waals surface area contributed by atoms with E-state index in [1.54, 1.807) is 18.3 Å². The molecule has 0 aliphatic carbocycles. The zero-order valence-corrected chi connectivity index (χ0v) is 6.89. The number of carboxylic acids is 1. The Balaban J connectivity index is 2.86. The summed E-state index contributed by atoms with van der Waals surface area (Å²) in [7, 11) is 0. The summed E-state index contributed by atoms with van der Waals surface area (Å²) < 4.78 is 0. The number of thiophene rings is 1. The second-order valence-corrected chi connectivity index (χ2v) is 3.09. The van der Waals surface area contributed by atoms with E-state index in [0.717, 1.165) is 10.5 Å². The maximum atomic E-state index is 10.2. The Hall–Kier alpha value is -1.09. The van der Waals surface area contributed by atoms with Gasteiger partial charge in [0.15, 0.2) is 0 Å². The van der Waals surface area contributed by atoms with Crippen molar-refractivity contribution in [2.24, 2.45) is 0 Å². The molecule has 0 unspecified atom stereocenters. The van der Waals surface area contributed by atoms with Crippen LogP contribution in [-0.4, -0.2) is 11.1 Å². The topological polar surface area (TPSA) is 37.3 Å². The van der Waals surface area contributed by atoms with Crippen LogP contribution in [0.15, 0.2) is 23.6 Å². The van der Waals surface area contributed by atoms with Gasteiger partial charge >= 0.3 is 5.97 Å². The summed E-state index contributed by atoms with van der Waals surface area (Å²) in [5.74, 6) is -0.893. The summed E-state index contributed by atoms with van der Waals surface area (Å²) in [6.07, 6.45) is 1.21. The molecule has 2 nitrogen and oxygen atoms in total. The number of hydrogen-bond acceptors (Lipinski definition) is 2. The molecular formula is C8H8O2S. The lowest BCUT2D eigenvalue weighted by Gasteiger charge is -1.91. The number of allylic oxidation sites excluding steroid dienone is 1. The smallest absolute Gasteiger partial charge is 0.328 e. The van der Waals surface area contributed by atoms with Crippen LogP contribution in [0, 0.1) is 0 Å². The van der Waals surface area contributed by atoms with Crippen molar-refractivity contribution in [3.63, 3.8) is 0 Å². The van der Waals surface area contributed by atoms with Crippen LogP contribution in [0.5, 0.6) is 0 Å². The van der Waals surface area contributed by atoms with Crippen molar-refractivity contribution in [2.75, 3.05) is 0 Å². The molecule has 0 saturated heterocycles. The number of hydrogen-bond donors (Lipinski definition) is 1. The molecule has 3 heteroatoms. The predicted molar refractivity (Wildman–Crippen MR) is 45.6 cm³/mol. The molecule has 0 aliphatic heterocycles. The van der Waals surface area contributed by atoms with E-state index in [-0.39, 0.29) is 0 Å². The van der Waals surface area contributed by atoms with Gasteiger partial charge in [-0.25, -0.2) is 4.79 Å². The minimum Gasteiger partial charge on any atom is -0.478 e. The van der Waals surface area contributed by atoms with Crippen molar-refractivity contribution in [1.29, 1.82) is 0 Å². The Morgan fingerprint density at radius 1 is 1.73 bits per heavy atom. The number of rotatable bonds is 2. The fourth-order valence-corrected chi connectivity index (χ4v) is 1.46. The molecule has 58 valence electrons. The van der Waals surface area contributed by atoms with Gasteiger partial charge in [-0.2, -0.15) is 0 Å². The highest BCUT2D eigenvalue weighted by Crippen LogP contribution is 2.18. The lowest BCUT2D eigenvalue weighted by molar-refractivity contribution is -0.131. The van der Waals surface area contributed by atoms with Crippen molar-refractivity contribution < 1.29 is 9.90 Å². The lowest BCUT2D eigenvalue weighted by Crippen LogP contribution is -1.87. The van der Waals surface area contributed by atoms with E-state index in [0.29, 0.717) is 0 Å². The first-order valence-corrected chi connectivity index (χ1v) is 4.03. The second kappa shape index (κ2) is 3.34. The van der Waals surface area contributed by atoms with Crippen LogP contribution < -0.4 is 0 Å². The third-order valence-corrected chi connectivity index (χ3v) is 2.26. The summed E-state index contributed by atoms with van der Waals surface area (Å²) >= 11 is 1.54. The molecule has 0 bridgehead atoms. The van der Waals surface area contributed by atoms with Gasteiger partial charge in [0.2, 0.25) is 0 Å². The normalized spacial score (nSPS) is 11.5. The highest BCUT2D eigenvalue weighted by atomic mass is 32.1. The van der Waals surface area contributed by atoms with Crippen LogP contribution in [0.4, 0.5) is 0 Å². The number of carbonyl (C=O) groups is 1. The van der Waals surface area contributed by atoms with Gasteiger partial charge in [-0.3, -0.25) is 0 Å². The monoisotopic (exact) mass is 168 g/mol. The summed E-state index contributed by atoms with van der Waals surface area (Å²) in [6.45, 7) is 1.79. The Morgan fingerprint density at radius 2 is 2.45 bits per heavy atom. The van der Waals surface area contributed by atoms with Gasteiger partial charge < -0.3 is 5.11 Å². The second-order valence-electron chi connectivity index (χ2n) is 2.14. The van der Waals surface area contributed by atoms with Crippen molar-refractivity contribution in [2.45, 2.75) is 6.92 Å². The van der Waals surface area contributed by atoms with Crippen LogP contribution >= 0.6 is 11.3 Å². The molecule has 0 amide bonds. The highest BCUT2D eigenvalue weighted by molar-refractivity contribution is 7.11. The Kier molecular flexibility index (Phi) is 2.44. The molecule has 0 saturated carbocycles. The van der Waals surface area contributed by atoms with E-state index in [1.807, 2.05) is 17.5 Å². The average Bonchev–Trinajstić information content (AvgIpc) is 2.35. The zero-order chi connectivity index (χ0) is 8.27. The van der Waals surface area contributed by atoms with Gasteiger partial charge in [0.1, 0.15) is 0 Å². The van der Waals surface area contributed by atoms with Gasteiger partial charge in [0, 0.05) is 11.0 Å². The third kappa shape index (κ3) is 2.20. The maximum Gasteiger partial charge on any atom is 0.328 e. The summed E-state index contributed by atoms with van der Waals surface area (Å²) in [6, 6.07) is 3.80. The SMILES string of the molecule is CC(=CC(=O)O)c1cccs1. The molecule has 0 spiro atoms. The average molecular weight is 168 g/mol. The fraction of sp³-hybridized carbons (Fsp3) is 0.125. The Labute approximate surface area is 68.8 Å². The van der Waals surface area contributed by atoms with Crippen molar-refractivity contribution in [3.8, 4) is 0 Å². The van der Waals surface area contributed by atoms with Gasteiger partial charge in [-0.15, -0.1) is 11.3 Å². The largest absolute Gasteiger partial charge is 0.478 e. The molecule has 1 N–H and O–H groups in total. The van der Waals surface area contributed by atoms with Crippen LogP contribution in [0.3, 0.4) is 0 Å². The molecule has 1 heterocycles. The molecule has 1 aromatic rings. The molecule has 0 radical (unpaired) electrons. The van der Waals surface area contributed by atoms with Crippen molar-refractivity contribution >= 4 is 22.9 Å². The summed E-state index contributed by atoms with van der Waals surface area (Å²) in [5, 5.41) is 10.3. The quantitative estimate of drug-likeness (QED) is 0.687. The zero-order valence-electron chi connectivity index (χ0n) is 6.07. The summed E-state index contributed by atoms with van der Waals surface area (Å²) in [5.41, 5.74) is 0.799. The van der Waals surface area contributed by atoms with Crippen LogP contribution in [0.2, 0.25) is 0 Å². The fourth-order valence-electron chi connectivity index (χ4n) is 0.759. The van der Waals surface area contributed by atoms with E-state index in [1.165, 1.54) is 6.08 Å². The minimum atomic E-state index is -0.893. The van der Waals surface area contributed by atoms with Crippen LogP contribution in [-0.2, 0) is 4.79 Å². The molecule has 0 aromatic carbocycles. The molecular weight excluding hydrogens is 160 g/mol. The number of aliphatic carboxylic acids is 1. The van der Waals surface area contributed by atoms with Gasteiger partial charge in [0.25, 0.3) is 0 Å². The van der Waals surface area contributed by atoms with Gasteiger partial charge in [-0.1, -0.05) is 6.07 Å². The first-order valence-electron chi connectivity index (χ1n) is 3.15. The van der Waals surface area contributed by atoms with Crippen LogP contribution in [0.25, 0.3) is 5.57 Å². The summed E-state index contributed by atoms with van der Waals surface area (Å²) in [4.78, 5) is 11.2. The van der Waals surface area contributed by atoms with Crippen LogP contribution in [0.1, 0.15) is 11.8 Å². The Morgan fingerprint density at radius 3 is 2.91 bits per heavy atom. The van der Waals surface area contributed by atoms with E-state index in [9.17, 15) is 4.79 Å². The molecule has 0 fully saturated rings. The molecule has 0 aliphatic rings. The molecule has 11 heavy (non-hydrogen) atoms.